The van der Waals surface area contributed by atoms with Crippen LogP contribution in [0.25, 0.3) is 0 Å². The molecule has 4 rings (SSSR count). The van der Waals surface area contributed by atoms with E-state index in [0.717, 1.165) is 167 Å². The van der Waals surface area contributed by atoms with Gasteiger partial charge in [-0.3, -0.25) is 19.2 Å². The van der Waals surface area contributed by atoms with Gasteiger partial charge >= 0.3 is 23.9 Å². The van der Waals surface area contributed by atoms with Crippen LogP contribution in [0, 0.1) is 50.7 Å². The lowest BCUT2D eigenvalue weighted by Gasteiger charge is -2.39. The Morgan fingerprint density at radius 2 is 0.485 bits per heavy atom. The van der Waals surface area contributed by atoms with E-state index < -0.39 is 45.0 Å². The second-order valence-corrected chi connectivity index (χ2v) is 24.8. The minimum Gasteiger partial charge on any atom is -0.464 e. The normalized spacial score (nSPS) is 27.6. The molecule has 0 atom stereocenters. The van der Waals surface area contributed by atoms with Crippen molar-refractivity contribution in [1.29, 1.82) is 0 Å². The van der Waals surface area contributed by atoms with E-state index in [1.54, 1.807) is 0 Å². The summed E-state index contributed by atoms with van der Waals surface area (Å²) in [5.74, 6) is -1.32. The van der Waals surface area contributed by atoms with E-state index in [-0.39, 0.29) is 74.4 Å². The van der Waals surface area contributed by atoms with E-state index >= 15 is 0 Å². The highest BCUT2D eigenvalue weighted by Crippen LogP contribution is 2.43. The Hall–Kier alpha value is -2.24. The lowest BCUT2D eigenvalue weighted by atomic mass is 9.72. The molecule has 0 amide bonds. The maximum atomic E-state index is 14.6. The van der Waals surface area contributed by atoms with Crippen LogP contribution in [0.2, 0.25) is 0 Å². The molecule has 4 aliphatic carbocycles. The molecule has 0 saturated heterocycles. The van der Waals surface area contributed by atoms with Crippen LogP contribution in [0.4, 0.5) is 0 Å². The molecule has 0 aliphatic heterocycles. The van der Waals surface area contributed by atoms with Gasteiger partial charge < -0.3 is 34.3 Å². The Bertz CT molecular complexity index is 1430. The maximum Gasteiger partial charge on any atom is 0.311 e. The molecule has 0 heterocycles. The van der Waals surface area contributed by atoms with Crippen molar-refractivity contribution in [2.75, 3.05) is 26.4 Å². The number of carbonyl (C=O) groups is 4. The molecule has 394 valence electrons. The minimum absolute atomic E-state index is 0.0256. The molecule has 0 aromatic rings. The van der Waals surface area contributed by atoms with Gasteiger partial charge in [-0.2, -0.15) is 0 Å². The Morgan fingerprint density at radius 3 is 0.735 bits per heavy atom. The number of aliphatic hydroxyl groups is 3. The quantitative estimate of drug-likeness (QED) is 0.0995. The summed E-state index contributed by atoms with van der Waals surface area (Å²) in [6.45, 7) is 14.4. The van der Waals surface area contributed by atoms with Crippen LogP contribution in [0.5, 0.6) is 0 Å². The second-order valence-electron chi connectivity index (χ2n) is 24.8. The zero-order valence-corrected chi connectivity index (χ0v) is 44.5. The van der Waals surface area contributed by atoms with E-state index in [9.17, 15) is 34.5 Å². The number of aliphatic hydroxyl groups excluding tert-OH is 3. The Morgan fingerprint density at radius 1 is 0.309 bits per heavy atom. The molecule has 4 fully saturated rings. The van der Waals surface area contributed by atoms with Gasteiger partial charge in [-0.15, -0.1) is 0 Å². The summed E-state index contributed by atoms with van der Waals surface area (Å²) in [5, 5.41) is 31.1. The summed E-state index contributed by atoms with van der Waals surface area (Å²) in [5.41, 5.74) is -4.83. The molecule has 0 aromatic heterocycles. The van der Waals surface area contributed by atoms with Gasteiger partial charge in [-0.25, -0.2) is 0 Å². The van der Waals surface area contributed by atoms with Gasteiger partial charge in [0.05, 0.1) is 40.0 Å². The molecule has 4 aliphatic rings. The van der Waals surface area contributed by atoms with Gasteiger partial charge in [-0.05, 0) is 169 Å². The first-order valence-corrected chi connectivity index (χ1v) is 27.8. The van der Waals surface area contributed by atoms with E-state index in [2.05, 4.69) is 0 Å². The third-order valence-corrected chi connectivity index (χ3v) is 17.9. The Balaban J connectivity index is 1.68. The Labute approximate surface area is 413 Å². The number of ether oxygens (including phenoxy) is 4. The van der Waals surface area contributed by atoms with Crippen LogP contribution in [-0.4, -0.2) is 83.9 Å². The van der Waals surface area contributed by atoms with Gasteiger partial charge in [0.1, 0.15) is 31.8 Å². The van der Waals surface area contributed by atoms with Crippen molar-refractivity contribution in [2.45, 2.75) is 260 Å². The molecular weight excluding hydrogens is 861 g/mol. The molecular formula is C57H100O11. The summed E-state index contributed by atoms with van der Waals surface area (Å²) in [4.78, 5) is 58.1. The average Bonchev–Trinajstić information content (AvgIpc) is 3.27. The standard InChI is InChI=1S/C57H100O11/c1-53(2,42-24-12-10-9-11-13-25-42)49(61)65-38-57(41-68-52(64)56(7,8)45-30-22-36-48(60)37-23-31-45,39-66-50(62)54(3,4)43-26-14-18-32-46(58)33-19-15-27-43)40-67-51(63)55(5,6)44-28-16-20-34-47(59)35-21-17-29-44/h42-48,58-60H,9-41H2,1-8H3. The third-order valence-electron chi connectivity index (χ3n) is 17.9. The van der Waals surface area contributed by atoms with Crippen LogP contribution in [-0.2, 0) is 38.1 Å². The minimum atomic E-state index is -1.42. The lowest BCUT2D eigenvalue weighted by molar-refractivity contribution is -0.185. The van der Waals surface area contributed by atoms with Gasteiger partial charge in [0.25, 0.3) is 0 Å². The fourth-order valence-electron chi connectivity index (χ4n) is 12.0. The molecule has 0 radical (unpaired) electrons. The molecule has 0 spiro atoms. The van der Waals surface area contributed by atoms with Gasteiger partial charge in [0, 0.05) is 0 Å². The summed E-state index contributed by atoms with van der Waals surface area (Å²) in [6, 6.07) is 0. The van der Waals surface area contributed by atoms with Crippen LogP contribution in [0.3, 0.4) is 0 Å². The largest absolute Gasteiger partial charge is 0.464 e. The first kappa shape index (κ1) is 58.3. The van der Waals surface area contributed by atoms with E-state index in [4.69, 9.17) is 18.9 Å². The van der Waals surface area contributed by atoms with Gasteiger partial charge in [-0.1, -0.05) is 96.3 Å². The van der Waals surface area contributed by atoms with Crippen molar-refractivity contribution in [3.63, 3.8) is 0 Å². The van der Waals surface area contributed by atoms with Crippen molar-refractivity contribution in [3.8, 4) is 0 Å². The zero-order valence-electron chi connectivity index (χ0n) is 44.5. The number of esters is 4. The molecule has 11 heteroatoms. The summed E-state index contributed by atoms with van der Waals surface area (Å²) >= 11 is 0. The topological polar surface area (TPSA) is 166 Å². The monoisotopic (exact) mass is 961 g/mol. The predicted octanol–water partition coefficient (Wildman–Crippen LogP) is 12.2. The summed E-state index contributed by atoms with van der Waals surface area (Å²) in [6.07, 6.45) is 24.7. The molecule has 0 bridgehead atoms. The Kier molecular flexibility index (Phi) is 23.6. The van der Waals surface area contributed by atoms with E-state index in [1.165, 1.54) is 6.42 Å². The molecule has 0 aromatic carbocycles. The first-order chi connectivity index (χ1) is 32.1. The molecule has 11 nitrogen and oxygen atoms in total. The highest BCUT2D eigenvalue weighted by atomic mass is 16.6. The highest BCUT2D eigenvalue weighted by molar-refractivity contribution is 5.78. The van der Waals surface area contributed by atoms with Crippen molar-refractivity contribution in [2.24, 2.45) is 50.7 Å². The number of hydrogen-bond acceptors (Lipinski definition) is 11. The lowest BCUT2D eigenvalue weighted by Crippen LogP contribution is -2.48. The van der Waals surface area contributed by atoms with Crippen molar-refractivity contribution < 1.29 is 53.4 Å². The zero-order chi connectivity index (χ0) is 50.0. The van der Waals surface area contributed by atoms with Crippen molar-refractivity contribution >= 4 is 23.9 Å². The van der Waals surface area contributed by atoms with Crippen LogP contribution >= 0.6 is 0 Å². The van der Waals surface area contributed by atoms with Crippen LogP contribution < -0.4 is 0 Å². The number of carbonyl (C=O) groups excluding carboxylic acids is 4. The fraction of sp³-hybridized carbons (Fsp3) is 0.930. The molecule has 68 heavy (non-hydrogen) atoms. The van der Waals surface area contributed by atoms with Gasteiger partial charge in [0.15, 0.2) is 0 Å². The predicted molar refractivity (Wildman–Crippen MR) is 267 cm³/mol. The van der Waals surface area contributed by atoms with Crippen LogP contribution in [0.1, 0.15) is 242 Å². The van der Waals surface area contributed by atoms with Crippen molar-refractivity contribution in [3.05, 3.63) is 0 Å². The highest BCUT2D eigenvalue weighted by Gasteiger charge is 2.47. The third kappa shape index (κ3) is 17.5. The van der Waals surface area contributed by atoms with Gasteiger partial charge in [0.2, 0.25) is 0 Å². The summed E-state index contributed by atoms with van der Waals surface area (Å²) < 4.78 is 25.6. The fourth-order valence-corrected chi connectivity index (χ4v) is 12.0. The molecule has 3 N–H and O–H groups in total. The average molecular weight is 961 g/mol. The maximum absolute atomic E-state index is 14.6. The second kappa shape index (κ2) is 27.5. The molecule has 0 unspecified atom stereocenters. The van der Waals surface area contributed by atoms with E-state index in [0.29, 0.717) is 12.8 Å². The SMILES string of the molecule is CC(C)(C(=O)OCC(COC(=O)C(C)(C)C1CCCCC(O)CCCC1)(COC(=O)C(C)(C)C1CCCCC(O)CCCC1)COC(=O)C(C)(C)C1CCCC(O)CCC1)C1CCCCCCC1. The van der Waals surface area contributed by atoms with Crippen LogP contribution in [0.15, 0.2) is 0 Å². The first-order valence-electron chi connectivity index (χ1n) is 27.8. The number of rotatable bonds is 16. The van der Waals surface area contributed by atoms with Crippen molar-refractivity contribution in [1.82, 2.24) is 0 Å². The van der Waals surface area contributed by atoms with E-state index in [1.807, 2.05) is 55.4 Å². The smallest absolute Gasteiger partial charge is 0.311 e. The molecule has 4 saturated carbocycles. The number of hydrogen-bond donors (Lipinski definition) is 3. The summed E-state index contributed by atoms with van der Waals surface area (Å²) in [7, 11) is 0.